The maximum atomic E-state index is 10.9. The van der Waals surface area contributed by atoms with Crippen LogP contribution in [0.3, 0.4) is 0 Å². The highest BCUT2D eigenvalue weighted by atomic mass is 16.5. The minimum absolute atomic E-state index is 0.344. The zero-order chi connectivity index (χ0) is 12.8. The molecule has 1 aromatic carbocycles. The molecule has 2 rings (SSSR count). The first kappa shape index (κ1) is 12.1. The van der Waals surface area contributed by atoms with Gasteiger partial charge < -0.3 is 4.74 Å². The van der Waals surface area contributed by atoms with Gasteiger partial charge in [0.2, 0.25) is 0 Å². The van der Waals surface area contributed by atoms with E-state index in [1.54, 1.807) is 0 Å². The number of hydrogen-bond acceptors (Lipinski definition) is 4. The van der Waals surface area contributed by atoms with Crippen molar-refractivity contribution in [2.45, 2.75) is 18.9 Å². The van der Waals surface area contributed by atoms with Gasteiger partial charge in [-0.05, 0) is 5.56 Å². The van der Waals surface area contributed by atoms with E-state index in [1.807, 2.05) is 30.3 Å². The van der Waals surface area contributed by atoms with Crippen LogP contribution in [0.25, 0.3) is 0 Å². The second-order valence-electron chi connectivity index (χ2n) is 3.87. The number of hydrogen-bond donors (Lipinski definition) is 2. The van der Waals surface area contributed by atoms with E-state index in [1.165, 1.54) is 0 Å². The second-order valence-corrected chi connectivity index (χ2v) is 3.87. The Labute approximate surface area is 103 Å². The van der Waals surface area contributed by atoms with Crippen LogP contribution in [0.5, 0.6) is 0 Å². The summed E-state index contributed by atoms with van der Waals surface area (Å²) in [6, 6.07) is 9.67. The SMILES string of the molecule is O=COC(Cc1ccccc1)Cc1n[nH]c(=O)[nH]1. The Morgan fingerprint density at radius 1 is 1.28 bits per heavy atom. The van der Waals surface area contributed by atoms with Gasteiger partial charge in [0.05, 0.1) is 0 Å². The third kappa shape index (κ3) is 3.31. The first-order valence-electron chi connectivity index (χ1n) is 5.54. The smallest absolute Gasteiger partial charge is 0.340 e. The average molecular weight is 247 g/mol. The van der Waals surface area contributed by atoms with E-state index >= 15 is 0 Å². The van der Waals surface area contributed by atoms with Gasteiger partial charge in [0.1, 0.15) is 11.9 Å². The van der Waals surface area contributed by atoms with Crippen LogP contribution in [0.2, 0.25) is 0 Å². The molecule has 0 saturated carbocycles. The van der Waals surface area contributed by atoms with Crippen molar-refractivity contribution in [2.24, 2.45) is 0 Å². The molecule has 0 saturated heterocycles. The molecule has 6 heteroatoms. The van der Waals surface area contributed by atoms with E-state index in [0.717, 1.165) is 5.56 Å². The van der Waals surface area contributed by atoms with Crippen LogP contribution < -0.4 is 5.69 Å². The molecular weight excluding hydrogens is 234 g/mol. The van der Waals surface area contributed by atoms with Gasteiger partial charge in [-0.1, -0.05) is 30.3 Å². The third-order valence-corrected chi connectivity index (χ3v) is 2.53. The standard InChI is InChI=1S/C12H13N3O3/c16-8-18-10(6-9-4-2-1-3-5-9)7-11-13-12(17)15-14-11/h1-5,8,10H,6-7H2,(H2,13,14,15,17). The zero-order valence-electron chi connectivity index (χ0n) is 9.63. The number of H-pyrrole nitrogens is 2. The van der Waals surface area contributed by atoms with Crippen LogP contribution in [0.15, 0.2) is 35.1 Å². The normalized spacial score (nSPS) is 12.0. The summed E-state index contributed by atoms with van der Waals surface area (Å²) >= 11 is 0. The number of nitrogens with zero attached hydrogens (tertiary/aromatic N) is 1. The van der Waals surface area contributed by atoms with Crippen molar-refractivity contribution < 1.29 is 9.53 Å². The maximum absolute atomic E-state index is 10.9. The molecule has 1 aromatic heterocycles. The molecule has 18 heavy (non-hydrogen) atoms. The molecule has 0 aliphatic heterocycles. The molecule has 6 nitrogen and oxygen atoms in total. The molecule has 0 fully saturated rings. The first-order chi connectivity index (χ1) is 8.78. The summed E-state index contributed by atoms with van der Waals surface area (Å²) < 4.78 is 5.00. The van der Waals surface area contributed by atoms with Crippen LogP contribution in [0, 0.1) is 0 Å². The Balaban J connectivity index is 2.04. The summed E-state index contributed by atoms with van der Waals surface area (Å²) in [5, 5.41) is 6.07. The van der Waals surface area contributed by atoms with Crippen LogP contribution >= 0.6 is 0 Å². The van der Waals surface area contributed by atoms with Gasteiger partial charge in [-0.25, -0.2) is 9.89 Å². The van der Waals surface area contributed by atoms with Gasteiger partial charge in [-0.3, -0.25) is 9.78 Å². The fraction of sp³-hybridized carbons (Fsp3) is 0.250. The summed E-state index contributed by atoms with van der Waals surface area (Å²) in [7, 11) is 0. The number of carbonyl (C=O) groups is 1. The summed E-state index contributed by atoms with van der Waals surface area (Å²) in [4.78, 5) is 23.9. The highest BCUT2D eigenvalue weighted by Gasteiger charge is 2.13. The Kier molecular flexibility index (Phi) is 3.90. The molecule has 0 spiro atoms. The summed E-state index contributed by atoms with van der Waals surface area (Å²) in [6.07, 6.45) is 0.602. The molecule has 2 aromatic rings. The van der Waals surface area contributed by atoms with Crippen LogP contribution in [-0.4, -0.2) is 27.8 Å². The van der Waals surface area contributed by atoms with E-state index in [0.29, 0.717) is 25.1 Å². The van der Waals surface area contributed by atoms with Crippen molar-refractivity contribution in [1.82, 2.24) is 15.2 Å². The van der Waals surface area contributed by atoms with E-state index in [9.17, 15) is 9.59 Å². The molecule has 1 atom stereocenters. The van der Waals surface area contributed by atoms with E-state index in [4.69, 9.17) is 4.74 Å². The molecule has 0 amide bonds. The second kappa shape index (κ2) is 5.81. The average Bonchev–Trinajstić information content (AvgIpc) is 2.76. The van der Waals surface area contributed by atoms with Crippen molar-refractivity contribution in [3.8, 4) is 0 Å². The van der Waals surface area contributed by atoms with Gasteiger partial charge in [0.25, 0.3) is 6.47 Å². The summed E-state index contributed by atoms with van der Waals surface area (Å²) in [5.41, 5.74) is 0.691. The topological polar surface area (TPSA) is 87.8 Å². The minimum Gasteiger partial charge on any atom is -0.464 e. The maximum Gasteiger partial charge on any atom is 0.340 e. The molecule has 0 aliphatic rings. The van der Waals surface area contributed by atoms with Crippen molar-refractivity contribution in [3.05, 3.63) is 52.2 Å². The van der Waals surface area contributed by atoms with Gasteiger partial charge in [-0.15, -0.1) is 0 Å². The predicted molar refractivity (Wildman–Crippen MR) is 64.0 cm³/mol. The largest absolute Gasteiger partial charge is 0.464 e. The van der Waals surface area contributed by atoms with Crippen LogP contribution in [-0.2, 0) is 22.4 Å². The van der Waals surface area contributed by atoms with Crippen LogP contribution in [0.4, 0.5) is 0 Å². The number of rotatable bonds is 6. The summed E-state index contributed by atoms with van der Waals surface area (Å²) in [5.74, 6) is 0.475. The lowest BCUT2D eigenvalue weighted by Crippen LogP contribution is -2.19. The van der Waals surface area contributed by atoms with E-state index in [-0.39, 0.29) is 11.8 Å². The monoisotopic (exact) mass is 247 g/mol. The first-order valence-corrected chi connectivity index (χ1v) is 5.54. The van der Waals surface area contributed by atoms with E-state index in [2.05, 4.69) is 15.2 Å². The zero-order valence-corrected chi connectivity index (χ0v) is 9.63. The van der Waals surface area contributed by atoms with Crippen molar-refractivity contribution in [1.29, 1.82) is 0 Å². The van der Waals surface area contributed by atoms with Crippen molar-refractivity contribution >= 4 is 6.47 Å². The number of nitrogens with one attached hydrogen (secondary N) is 2. The number of aromatic nitrogens is 3. The van der Waals surface area contributed by atoms with Crippen LogP contribution in [0.1, 0.15) is 11.4 Å². The lowest BCUT2D eigenvalue weighted by Gasteiger charge is -2.13. The molecule has 0 bridgehead atoms. The van der Waals surface area contributed by atoms with Crippen molar-refractivity contribution in [2.75, 3.05) is 0 Å². The molecule has 2 N–H and O–H groups in total. The van der Waals surface area contributed by atoms with Gasteiger partial charge in [-0.2, -0.15) is 5.10 Å². The lowest BCUT2D eigenvalue weighted by molar-refractivity contribution is -0.133. The quantitative estimate of drug-likeness (QED) is 0.724. The van der Waals surface area contributed by atoms with Gasteiger partial charge in [0.15, 0.2) is 0 Å². The number of aromatic amines is 2. The van der Waals surface area contributed by atoms with Gasteiger partial charge in [0, 0.05) is 12.8 Å². The van der Waals surface area contributed by atoms with E-state index < -0.39 is 0 Å². The number of ether oxygens (including phenoxy) is 1. The fourth-order valence-corrected chi connectivity index (χ4v) is 1.74. The number of carbonyl (C=O) groups excluding carboxylic acids is 1. The lowest BCUT2D eigenvalue weighted by atomic mass is 10.1. The number of benzene rings is 1. The Morgan fingerprint density at radius 2 is 2.06 bits per heavy atom. The Bertz CT molecular complexity index is 547. The molecule has 94 valence electrons. The Hall–Kier alpha value is -2.37. The molecule has 1 heterocycles. The molecule has 0 aliphatic carbocycles. The predicted octanol–water partition coefficient (Wildman–Crippen LogP) is 0.425. The van der Waals surface area contributed by atoms with Gasteiger partial charge >= 0.3 is 5.69 Å². The molecule has 1 unspecified atom stereocenters. The Morgan fingerprint density at radius 3 is 2.67 bits per heavy atom. The highest BCUT2D eigenvalue weighted by Crippen LogP contribution is 2.08. The molecule has 0 radical (unpaired) electrons. The van der Waals surface area contributed by atoms with Crippen molar-refractivity contribution in [3.63, 3.8) is 0 Å². The fourth-order valence-electron chi connectivity index (χ4n) is 1.74. The third-order valence-electron chi connectivity index (χ3n) is 2.53. The highest BCUT2D eigenvalue weighted by molar-refractivity contribution is 5.37. The minimum atomic E-state index is -0.366. The molecular formula is C12H13N3O3. The summed E-state index contributed by atoms with van der Waals surface area (Å²) in [6.45, 7) is 0.415.